The lowest BCUT2D eigenvalue weighted by Crippen LogP contribution is -2.19. The summed E-state index contributed by atoms with van der Waals surface area (Å²) in [6, 6.07) is 5.21. The molecule has 0 heterocycles. The molecule has 0 bridgehead atoms. The van der Waals surface area contributed by atoms with E-state index in [0.717, 1.165) is 12.1 Å². The summed E-state index contributed by atoms with van der Waals surface area (Å²) in [6.07, 6.45) is 2.48. The molecule has 0 radical (unpaired) electrons. The van der Waals surface area contributed by atoms with E-state index in [1.54, 1.807) is 31.4 Å². The van der Waals surface area contributed by atoms with Gasteiger partial charge in [0.05, 0.1) is 23.5 Å². The largest absolute Gasteiger partial charge is 0.462 e. The monoisotopic (exact) mass is 298 g/mol. The fraction of sp³-hybridized carbons (Fsp3) is 0.500. The number of benzene rings is 1. The Morgan fingerprint density at radius 2 is 2.20 bits per heavy atom. The molecule has 0 aliphatic carbocycles. The van der Waals surface area contributed by atoms with Gasteiger partial charge >= 0.3 is 5.97 Å². The Balaban J connectivity index is 2.68. The highest BCUT2D eigenvalue weighted by molar-refractivity contribution is 7.84. The van der Waals surface area contributed by atoms with E-state index >= 15 is 0 Å². The lowest BCUT2D eigenvalue weighted by molar-refractivity contribution is 0.0526. The smallest absolute Gasteiger partial charge is 0.338 e. The van der Waals surface area contributed by atoms with Crippen LogP contribution in [0.15, 0.2) is 18.2 Å². The summed E-state index contributed by atoms with van der Waals surface area (Å²) in [5, 5.41) is 3.25. The molecule has 0 fully saturated rings. The second kappa shape index (κ2) is 7.89. The number of carbonyl (C=O) groups is 1. The molecule has 1 aromatic carbocycles. The zero-order valence-corrected chi connectivity index (χ0v) is 13.0. The number of hydrogen-bond acceptors (Lipinski definition) is 5. The van der Waals surface area contributed by atoms with Crippen molar-refractivity contribution in [2.24, 2.45) is 0 Å². The minimum atomic E-state index is -0.794. The van der Waals surface area contributed by atoms with Crippen LogP contribution in [-0.4, -0.2) is 34.8 Å². The number of nitrogen functional groups attached to an aromatic ring is 1. The predicted octanol–water partition coefficient (Wildman–Crippen LogP) is 2.01. The third-order valence-electron chi connectivity index (χ3n) is 2.80. The highest BCUT2D eigenvalue weighted by Gasteiger charge is 2.10. The van der Waals surface area contributed by atoms with E-state index in [4.69, 9.17) is 10.5 Å². The van der Waals surface area contributed by atoms with Gasteiger partial charge in [-0.3, -0.25) is 4.21 Å². The van der Waals surface area contributed by atoms with Gasteiger partial charge in [-0.1, -0.05) is 0 Å². The minimum Gasteiger partial charge on any atom is -0.462 e. The molecule has 1 rings (SSSR count). The molecule has 0 aliphatic heterocycles. The Morgan fingerprint density at radius 1 is 1.50 bits per heavy atom. The van der Waals surface area contributed by atoms with Crippen molar-refractivity contribution in [2.75, 3.05) is 29.7 Å². The van der Waals surface area contributed by atoms with Crippen molar-refractivity contribution in [2.45, 2.75) is 26.3 Å². The quantitative estimate of drug-likeness (QED) is 0.594. The first-order valence-electron chi connectivity index (χ1n) is 6.57. The topological polar surface area (TPSA) is 81.4 Å². The molecule has 0 saturated carbocycles. The van der Waals surface area contributed by atoms with Crippen LogP contribution in [0, 0.1) is 0 Å². The van der Waals surface area contributed by atoms with Crippen LogP contribution < -0.4 is 11.1 Å². The number of nitrogens with one attached hydrogen (secondary N) is 1. The highest BCUT2D eigenvalue weighted by Crippen LogP contribution is 2.21. The van der Waals surface area contributed by atoms with Gasteiger partial charge in [0.25, 0.3) is 0 Å². The standard InChI is InChI=1S/C14H22N2O3S/c1-4-19-14(17)11-5-6-13(12(15)9-11)16-10(2)7-8-20(3)18/h5-6,9-10,16H,4,7-8,15H2,1-3H3. The van der Waals surface area contributed by atoms with Crippen LogP contribution in [0.1, 0.15) is 30.6 Å². The number of anilines is 2. The van der Waals surface area contributed by atoms with Crippen LogP contribution in [0.5, 0.6) is 0 Å². The van der Waals surface area contributed by atoms with Gasteiger partial charge in [-0.25, -0.2) is 4.79 Å². The lowest BCUT2D eigenvalue weighted by Gasteiger charge is -2.16. The normalized spacial score (nSPS) is 13.6. The Labute approximate surface area is 122 Å². The predicted molar refractivity (Wildman–Crippen MR) is 83.4 cm³/mol. The van der Waals surface area contributed by atoms with E-state index in [1.165, 1.54) is 0 Å². The summed E-state index contributed by atoms with van der Waals surface area (Å²) >= 11 is 0. The molecule has 0 aliphatic rings. The summed E-state index contributed by atoms with van der Waals surface area (Å²) in [4.78, 5) is 11.6. The molecule has 6 heteroatoms. The van der Waals surface area contributed by atoms with Crippen LogP contribution in [0.2, 0.25) is 0 Å². The van der Waals surface area contributed by atoms with Gasteiger partial charge in [-0.15, -0.1) is 0 Å². The molecule has 3 N–H and O–H groups in total. The van der Waals surface area contributed by atoms with Crippen LogP contribution in [0.4, 0.5) is 11.4 Å². The number of rotatable bonds is 7. The van der Waals surface area contributed by atoms with E-state index in [9.17, 15) is 9.00 Å². The van der Waals surface area contributed by atoms with Crippen molar-refractivity contribution in [3.05, 3.63) is 23.8 Å². The van der Waals surface area contributed by atoms with Crippen LogP contribution in [-0.2, 0) is 15.5 Å². The third kappa shape index (κ3) is 5.21. The number of hydrogen-bond donors (Lipinski definition) is 2. The molecule has 2 atom stereocenters. The maximum absolute atomic E-state index is 11.6. The maximum atomic E-state index is 11.6. The molecule has 2 unspecified atom stereocenters. The summed E-state index contributed by atoms with van der Waals surface area (Å²) < 4.78 is 16.0. The van der Waals surface area contributed by atoms with Crippen molar-refractivity contribution in [3.8, 4) is 0 Å². The van der Waals surface area contributed by atoms with Gasteiger partial charge in [-0.05, 0) is 38.5 Å². The van der Waals surface area contributed by atoms with E-state index in [1.807, 2.05) is 6.92 Å². The average molecular weight is 298 g/mol. The summed E-state index contributed by atoms with van der Waals surface area (Å²) in [6.45, 7) is 4.10. The van der Waals surface area contributed by atoms with Gasteiger partial charge in [-0.2, -0.15) is 0 Å². The van der Waals surface area contributed by atoms with Gasteiger partial charge in [0.1, 0.15) is 0 Å². The second-order valence-corrected chi connectivity index (χ2v) is 6.19. The molecule has 0 amide bonds. The van der Waals surface area contributed by atoms with Crippen molar-refractivity contribution in [3.63, 3.8) is 0 Å². The fourth-order valence-corrected chi connectivity index (χ4v) is 2.40. The number of nitrogens with two attached hydrogens (primary N) is 1. The number of ether oxygens (including phenoxy) is 1. The summed E-state index contributed by atoms with van der Waals surface area (Å²) in [7, 11) is -0.794. The SMILES string of the molecule is CCOC(=O)c1ccc(NC(C)CCS(C)=O)c(N)c1. The molecular formula is C14H22N2O3S. The maximum Gasteiger partial charge on any atom is 0.338 e. The molecule has 1 aromatic rings. The zero-order chi connectivity index (χ0) is 15.1. The first-order chi connectivity index (χ1) is 9.43. The van der Waals surface area contributed by atoms with Crippen molar-refractivity contribution in [1.29, 1.82) is 0 Å². The van der Waals surface area contributed by atoms with E-state index in [-0.39, 0.29) is 12.0 Å². The molecule has 5 nitrogen and oxygen atoms in total. The van der Waals surface area contributed by atoms with Gasteiger partial charge < -0.3 is 15.8 Å². The first-order valence-corrected chi connectivity index (χ1v) is 8.30. The van der Waals surface area contributed by atoms with E-state index in [2.05, 4.69) is 5.32 Å². The molecular weight excluding hydrogens is 276 g/mol. The van der Waals surface area contributed by atoms with Crippen LogP contribution >= 0.6 is 0 Å². The molecule has 0 saturated heterocycles. The van der Waals surface area contributed by atoms with Crippen LogP contribution in [0.25, 0.3) is 0 Å². The van der Waals surface area contributed by atoms with Crippen LogP contribution in [0.3, 0.4) is 0 Å². The molecule has 0 aromatic heterocycles. The van der Waals surface area contributed by atoms with Gasteiger partial charge in [0.2, 0.25) is 0 Å². The zero-order valence-electron chi connectivity index (χ0n) is 12.1. The van der Waals surface area contributed by atoms with Crippen molar-refractivity contribution >= 4 is 28.1 Å². The number of esters is 1. The Morgan fingerprint density at radius 3 is 2.75 bits per heavy atom. The van der Waals surface area contributed by atoms with Crippen molar-refractivity contribution in [1.82, 2.24) is 0 Å². The Hall–Kier alpha value is -1.56. The van der Waals surface area contributed by atoms with Gasteiger partial charge in [0, 0.05) is 28.9 Å². The molecule has 112 valence electrons. The lowest BCUT2D eigenvalue weighted by atomic mass is 10.1. The Bertz CT molecular complexity index is 491. The highest BCUT2D eigenvalue weighted by atomic mass is 32.2. The summed E-state index contributed by atoms with van der Waals surface area (Å²) in [5.41, 5.74) is 7.64. The Kier molecular flexibility index (Phi) is 6.51. The van der Waals surface area contributed by atoms with E-state index < -0.39 is 10.8 Å². The third-order valence-corrected chi connectivity index (χ3v) is 3.61. The molecule has 0 spiro atoms. The first kappa shape index (κ1) is 16.5. The summed E-state index contributed by atoms with van der Waals surface area (Å²) in [5.74, 6) is 0.273. The van der Waals surface area contributed by atoms with E-state index in [0.29, 0.717) is 23.6 Å². The number of carbonyl (C=O) groups excluding carboxylic acids is 1. The van der Waals surface area contributed by atoms with Gasteiger partial charge in [0.15, 0.2) is 0 Å². The minimum absolute atomic E-state index is 0.162. The second-order valence-electron chi connectivity index (χ2n) is 4.63. The molecule has 20 heavy (non-hydrogen) atoms. The van der Waals surface area contributed by atoms with Crippen molar-refractivity contribution < 1.29 is 13.7 Å². The fourth-order valence-electron chi connectivity index (χ4n) is 1.72. The average Bonchev–Trinajstić information content (AvgIpc) is 2.39.